The van der Waals surface area contributed by atoms with Crippen LogP contribution in [0.3, 0.4) is 0 Å². The molecule has 1 fully saturated rings. The van der Waals surface area contributed by atoms with Gasteiger partial charge >= 0.3 is 5.97 Å². The summed E-state index contributed by atoms with van der Waals surface area (Å²) in [5, 5.41) is 24.4. The summed E-state index contributed by atoms with van der Waals surface area (Å²) in [6, 6.07) is 5.48. The first kappa shape index (κ1) is 20.5. The number of aromatic nitrogens is 1. The van der Waals surface area contributed by atoms with E-state index in [0.717, 1.165) is 16.7 Å². The van der Waals surface area contributed by atoms with E-state index in [2.05, 4.69) is 15.2 Å². The van der Waals surface area contributed by atoms with Crippen LogP contribution in [0.25, 0.3) is 0 Å². The first-order valence-corrected chi connectivity index (χ1v) is 10.7. The van der Waals surface area contributed by atoms with Crippen molar-refractivity contribution in [2.45, 2.75) is 32.5 Å². The van der Waals surface area contributed by atoms with E-state index in [-0.39, 0.29) is 24.4 Å². The molecule has 2 aromatic rings. The SMILES string of the molecule is Cc1c(C(O)CN2CCC(C(=O)Nc3nc(C#N)cs3)CC2)ccc2c1COC2=O. The fourth-order valence-electron chi connectivity index (χ4n) is 4.04. The van der Waals surface area contributed by atoms with Crippen molar-refractivity contribution < 1.29 is 19.4 Å². The van der Waals surface area contributed by atoms with E-state index in [1.807, 2.05) is 13.0 Å². The second kappa shape index (κ2) is 8.52. The molecule has 2 N–H and O–H groups in total. The van der Waals surface area contributed by atoms with Crippen molar-refractivity contribution in [3.63, 3.8) is 0 Å². The van der Waals surface area contributed by atoms with Gasteiger partial charge < -0.3 is 20.1 Å². The van der Waals surface area contributed by atoms with E-state index >= 15 is 0 Å². The Morgan fingerprint density at radius 2 is 2.23 bits per heavy atom. The summed E-state index contributed by atoms with van der Waals surface area (Å²) >= 11 is 1.24. The molecule has 4 rings (SSSR count). The number of cyclic esters (lactones) is 1. The van der Waals surface area contributed by atoms with E-state index in [0.29, 0.717) is 48.9 Å². The zero-order valence-corrected chi connectivity index (χ0v) is 17.4. The summed E-state index contributed by atoms with van der Waals surface area (Å²) in [7, 11) is 0. The topological polar surface area (TPSA) is 116 Å². The van der Waals surface area contributed by atoms with Gasteiger partial charge in [-0.25, -0.2) is 9.78 Å². The Hall–Kier alpha value is -2.80. The Labute approximate surface area is 178 Å². The number of rotatable bonds is 5. The standard InChI is InChI=1S/C21H22N4O4S/c1-12-15(2-3-16-17(12)10-29-20(16)28)18(26)9-25-6-4-13(5-7-25)19(27)24-21-23-14(8-22)11-30-21/h2-3,11,13,18,26H,4-7,9-10H2,1H3,(H,23,24,27). The van der Waals surface area contributed by atoms with Crippen molar-refractivity contribution in [3.8, 4) is 6.07 Å². The van der Waals surface area contributed by atoms with E-state index in [1.165, 1.54) is 11.3 Å². The van der Waals surface area contributed by atoms with Crippen LogP contribution in [0.5, 0.6) is 0 Å². The Morgan fingerprint density at radius 3 is 2.93 bits per heavy atom. The van der Waals surface area contributed by atoms with Crippen molar-refractivity contribution in [2.75, 3.05) is 25.0 Å². The molecular formula is C21H22N4O4S. The number of fused-ring (bicyclic) bond motifs is 1. The fraction of sp³-hybridized carbons (Fsp3) is 0.429. The minimum Gasteiger partial charge on any atom is -0.457 e. The minimum absolute atomic E-state index is 0.0758. The smallest absolute Gasteiger partial charge is 0.338 e. The predicted molar refractivity (Wildman–Crippen MR) is 110 cm³/mol. The summed E-state index contributed by atoms with van der Waals surface area (Å²) in [4.78, 5) is 30.3. The third-order valence-electron chi connectivity index (χ3n) is 5.81. The number of aliphatic hydroxyl groups excluding tert-OH is 1. The molecule has 156 valence electrons. The molecule has 3 heterocycles. The van der Waals surface area contributed by atoms with Crippen molar-refractivity contribution in [1.82, 2.24) is 9.88 Å². The molecule has 1 amide bonds. The van der Waals surface area contributed by atoms with Gasteiger partial charge in [-0.1, -0.05) is 6.07 Å². The van der Waals surface area contributed by atoms with Gasteiger partial charge in [0.25, 0.3) is 0 Å². The number of amides is 1. The quantitative estimate of drug-likeness (QED) is 0.705. The van der Waals surface area contributed by atoms with Gasteiger partial charge in [-0.3, -0.25) is 4.79 Å². The highest BCUT2D eigenvalue weighted by Crippen LogP contribution is 2.30. The summed E-state index contributed by atoms with van der Waals surface area (Å²) in [5.41, 5.74) is 3.45. The van der Waals surface area contributed by atoms with Crippen molar-refractivity contribution in [2.24, 2.45) is 5.92 Å². The van der Waals surface area contributed by atoms with E-state index in [9.17, 15) is 14.7 Å². The third kappa shape index (κ3) is 4.07. The van der Waals surface area contributed by atoms with Crippen LogP contribution in [0.4, 0.5) is 5.13 Å². The maximum atomic E-state index is 12.5. The number of aliphatic hydroxyl groups is 1. The minimum atomic E-state index is -0.670. The van der Waals surface area contributed by atoms with Crippen LogP contribution < -0.4 is 5.32 Å². The Morgan fingerprint density at radius 1 is 1.47 bits per heavy atom. The number of esters is 1. The van der Waals surface area contributed by atoms with E-state index in [1.54, 1.807) is 17.5 Å². The number of ether oxygens (including phenoxy) is 1. The number of piperidine rings is 1. The first-order valence-electron chi connectivity index (χ1n) is 9.82. The molecule has 9 heteroatoms. The van der Waals surface area contributed by atoms with Crippen LogP contribution in [0.2, 0.25) is 0 Å². The van der Waals surface area contributed by atoms with Gasteiger partial charge in [0.15, 0.2) is 10.8 Å². The lowest BCUT2D eigenvalue weighted by atomic mass is 9.93. The van der Waals surface area contributed by atoms with Crippen LogP contribution in [-0.4, -0.2) is 46.5 Å². The summed E-state index contributed by atoms with van der Waals surface area (Å²) in [6.45, 7) is 4.06. The van der Waals surface area contributed by atoms with E-state index in [4.69, 9.17) is 10.00 Å². The lowest BCUT2D eigenvalue weighted by Gasteiger charge is -2.32. The van der Waals surface area contributed by atoms with Crippen LogP contribution in [0.15, 0.2) is 17.5 Å². The molecule has 1 aromatic carbocycles. The average Bonchev–Trinajstić information content (AvgIpc) is 3.35. The van der Waals surface area contributed by atoms with Gasteiger partial charge in [0, 0.05) is 23.4 Å². The molecule has 8 nitrogen and oxygen atoms in total. The van der Waals surface area contributed by atoms with Gasteiger partial charge in [0.2, 0.25) is 5.91 Å². The number of hydrogen-bond acceptors (Lipinski definition) is 8. The van der Waals surface area contributed by atoms with Gasteiger partial charge in [0.1, 0.15) is 12.7 Å². The molecule has 0 radical (unpaired) electrons. The molecule has 2 aliphatic heterocycles. The number of nitrogens with one attached hydrogen (secondary N) is 1. The molecule has 1 unspecified atom stereocenters. The maximum Gasteiger partial charge on any atom is 0.338 e. The molecule has 0 aliphatic carbocycles. The zero-order valence-electron chi connectivity index (χ0n) is 16.6. The molecule has 1 saturated heterocycles. The van der Waals surface area contributed by atoms with Crippen LogP contribution >= 0.6 is 11.3 Å². The van der Waals surface area contributed by atoms with Gasteiger partial charge in [-0.15, -0.1) is 11.3 Å². The first-order chi connectivity index (χ1) is 14.5. The Bertz CT molecular complexity index is 1020. The third-order valence-corrected chi connectivity index (χ3v) is 6.56. The van der Waals surface area contributed by atoms with Crippen LogP contribution in [-0.2, 0) is 16.1 Å². The largest absolute Gasteiger partial charge is 0.457 e. The van der Waals surface area contributed by atoms with Crippen molar-refractivity contribution in [1.29, 1.82) is 5.26 Å². The zero-order chi connectivity index (χ0) is 21.3. The summed E-state index contributed by atoms with van der Waals surface area (Å²) < 4.78 is 5.08. The summed E-state index contributed by atoms with van der Waals surface area (Å²) in [5.74, 6) is -0.498. The van der Waals surface area contributed by atoms with Gasteiger partial charge in [0.05, 0.1) is 11.7 Å². The summed E-state index contributed by atoms with van der Waals surface area (Å²) in [6.07, 6.45) is 0.720. The molecule has 0 spiro atoms. The number of nitrogens with zero attached hydrogens (tertiary/aromatic N) is 3. The maximum absolute atomic E-state index is 12.5. The fourth-order valence-corrected chi connectivity index (χ4v) is 4.68. The number of thiazole rings is 1. The van der Waals surface area contributed by atoms with Gasteiger partial charge in [-0.05, 0) is 50.0 Å². The number of β-amino-alcohol motifs (C(OH)–C–C–N with tert-alkyl or cyclic N) is 1. The number of likely N-dealkylation sites (tertiary alicyclic amines) is 1. The number of hydrogen-bond donors (Lipinski definition) is 2. The highest BCUT2D eigenvalue weighted by molar-refractivity contribution is 7.14. The second-order valence-corrected chi connectivity index (χ2v) is 8.47. The number of nitriles is 1. The van der Waals surface area contributed by atoms with Crippen molar-refractivity contribution >= 4 is 28.3 Å². The monoisotopic (exact) mass is 426 g/mol. The molecule has 30 heavy (non-hydrogen) atoms. The predicted octanol–water partition coefficient (Wildman–Crippen LogP) is 2.38. The number of benzene rings is 1. The van der Waals surface area contributed by atoms with Crippen LogP contribution in [0.1, 0.15) is 51.7 Å². The number of anilines is 1. The lowest BCUT2D eigenvalue weighted by molar-refractivity contribution is -0.121. The highest BCUT2D eigenvalue weighted by atomic mass is 32.1. The Kier molecular flexibility index (Phi) is 5.81. The Balaban J connectivity index is 1.31. The average molecular weight is 426 g/mol. The molecular weight excluding hydrogens is 404 g/mol. The van der Waals surface area contributed by atoms with Crippen LogP contribution in [0, 0.1) is 24.2 Å². The molecule has 0 saturated carbocycles. The normalized spacial score (nSPS) is 17.8. The van der Waals surface area contributed by atoms with Gasteiger partial charge in [-0.2, -0.15) is 5.26 Å². The molecule has 2 aliphatic rings. The van der Waals surface area contributed by atoms with E-state index < -0.39 is 6.10 Å². The highest BCUT2D eigenvalue weighted by Gasteiger charge is 2.29. The molecule has 0 bridgehead atoms. The second-order valence-electron chi connectivity index (χ2n) is 7.61. The number of carbonyl (C=O) groups excluding carboxylic acids is 2. The lowest BCUT2D eigenvalue weighted by Crippen LogP contribution is -2.40. The molecule has 1 atom stereocenters. The number of carbonyl (C=O) groups is 2. The van der Waals surface area contributed by atoms with Crippen molar-refractivity contribution in [3.05, 3.63) is 45.5 Å². The molecule has 1 aromatic heterocycles.